The summed E-state index contributed by atoms with van der Waals surface area (Å²) < 4.78 is 0. The van der Waals surface area contributed by atoms with E-state index in [9.17, 15) is 0 Å². The van der Waals surface area contributed by atoms with Crippen LogP contribution in [0.5, 0.6) is 0 Å². The second-order valence-electron chi connectivity index (χ2n) is 11.8. The Hall–Kier alpha value is -4.21. The van der Waals surface area contributed by atoms with Gasteiger partial charge in [-0.1, -0.05) is 35.4 Å². The minimum atomic E-state index is 0. The van der Waals surface area contributed by atoms with Crippen LogP contribution in [0.15, 0.2) is 95.2 Å². The number of nitrogens with one attached hydrogen (secondary N) is 4. The number of aromatic nitrogens is 4. The fourth-order valence-electron chi connectivity index (χ4n) is 5.44. The summed E-state index contributed by atoms with van der Waals surface area (Å²) in [5, 5.41) is 13.0. The molecule has 0 fully saturated rings. The van der Waals surface area contributed by atoms with Crippen LogP contribution in [0.1, 0.15) is 33.4 Å². The molecule has 0 atom stereocenters. The number of aliphatic imine (C=N–C) groups is 2. The Morgan fingerprint density at radius 3 is 1.13 bits per heavy atom. The molecule has 4 aromatic carbocycles. The van der Waals surface area contributed by atoms with Crippen LogP contribution in [0.25, 0.3) is 0 Å². The Morgan fingerprint density at radius 1 is 0.500 bits per heavy atom. The largest absolute Gasteiger partial charge is 0.408 e. The summed E-state index contributed by atoms with van der Waals surface area (Å²) in [6, 6.07) is 29.8. The van der Waals surface area contributed by atoms with Crippen LogP contribution in [0.3, 0.4) is 0 Å². The third kappa shape index (κ3) is 11.9. The number of benzene rings is 4. The van der Waals surface area contributed by atoms with E-state index in [1.54, 1.807) is 12.4 Å². The van der Waals surface area contributed by atoms with Crippen LogP contribution in [0, 0.1) is 53.7 Å². The van der Waals surface area contributed by atoms with Gasteiger partial charge in [-0.25, -0.2) is 9.97 Å². The maximum atomic E-state index is 4.49. The van der Waals surface area contributed by atoms with E-state index in [0.717, 1.165) is 56.4 Å². The average Bonchev–Trinajstić information content (AvgIpc) is 3.09. The zero-order valence-corrected chi connectivity index (χ0v) is 36.0. The van der Waals surface area contributed by atoms with Crippen LogP contribution >= 0.6 is 0 Å². The molecule has 0 aliphatic rings. The summed E-state index contributed by atoms with van der Waals surface area (Å²) >= 11 is 0. The smallest absolute Gasteiger partial charge is 0.223 e. The molecule has 0 saturated heterocycles. The van der Waals surface area contributed by atoms with E-state index in [1.165, 1.54) is 11.1 Å². The maximum Gasteiger partial charge on any atom is 0.223 e. The van der Waals surface area contributed by atoms with E-state index < -0.39 is 0 Å². The van der Waals surface area contributed by atoms with Crippen molar-refractivity contribution >= 4 is 71.1 Å². The molecule has 0 aliphatic heterocycles. The van der Waals surface area contributed by atoms with Gasteiger partial charge < -0.3 is 33.4 Å². The summed E-state index contributed by atoms with van der Waals surface area (Å²) in [6.45, 7) is 19.5. The van der Waals surface area contributed by atoms with Gasteiger partial charge in [-0.05, 0) is 137 Å². The van der Waals surface area contributed by atoms with Gasteiger partial charge >= 0.3 is 0 Å². The molecule has 12 heteroatoms. The molecule has 10 nitrogen and oxygen atoms in total. The first-order chi connectivity index (χ1) is 24.1. The minimum Gasteiger partial charge on any atom is -0.408 e. The van der Waals surface area contributed by atoms with E-state index >= 15 is 0 Å². The van der Waals surface area contributed by atoms with E-state index in [1.807, 2.05) is 48.5 Å². The Balaban J connectivity index is 0.000000270. The first-order valence-electron chi connectivity index (χ1n) is 16.0. The average molecular weight is 839 g/mol. The van der Waals surface area contributed by atoms with E-state index in [2.05, 4.69) is 143 Å². The Labute approximate surface area is 356 Å². The predicted octanol–water partition coefficient (Wildman–Crippen LogP) is 10.0. The van der Waals surface area contributed by atoms with Crippen molar-refractivity contribution < 1.29 is 65.4 Å². The molecular weight excluding hydrogens is 798 g/mol. The molecule has 0 spiro atoms. The summed E-state index contributed by atoms with van der Waals surface area (Å²) in [5.41, 5.74) is 12.6. The molecule has 52 heavy (non-hydrogen) atoms. The van der Waals surface area contributed by atoms with Gasteiger partial charge in [0.1, 0.15) is 0 Å². The molecule has 0 saturated carbocycles. The Bertz CT molecular complexity index is 1920. The van der Waals surface area contributed by atoms with E-state index in [-0.39, 0.29) is 65.4 Å². The molecule has 0 amide bonds. The monoisotopic (exact) mass is 838 g/mol. The van der Waals surface area contributed by atoms with Crippen molar-refractivity contribution in [2.45, 2.75) is 41.5 Å². The molecule has 2 radical (unpaired) electrons. The van der Waals surface area contributed by atoms with Gasteiger partial charge in [0.2, 0.25) is 11.9 Å². The number of hydrogen-bond acceptors (Lipinski definition) is 10. The quantitative estimate of drug-likeness (QED) is 0.0795. The van der Waals surface area contributed by atoms with E-state index in [0.29, 0.717) is 23.5 Å². The first-order valence-corrected chi connectivity index (χ1v) is 16.0. The third-order valence-electron chi connectivity index (χ3n) is 7.66. The van der Waals surface area contributed by atoms with Crippen molar-refractivity contribution in [3.63, 3.8) is 0 Å². The molecule has 2 heterocycles. The predicted molar refractivity (Wildman–Crippen MR) is 207 cm³/mol. The van der Waals surface area contributed by atoms with Gasteiger partial charge in [0, 0.05) is 88.2 Å². The molecule has 2 aromatic heterocycles. The molecule has 6 rings (SSSR count). The zero-order valence-electron chi connectivity index (χ0n) is 30.3. The molecule has 258 valence electrons. The summed E-state index contributed by atoms with van der Waals surface area (Å²) in [4.78, 5) is 25.3. The van der Waals surface area contributed by atoms with E-state index in [4.69, 9.17) is 0 Å². The number of rotatable bonds is 10. The third-order valence-corrected chi connectivity index (χ3v) is 7.66. The van der Waals surface area contributed by atoms with Gasteiger partial charge in [0.15, 0.2) is 0 Å². The van der Waals surface area contributed by atoms with Crippen molar-refractivity contribution in [1.29, 1.82) is 0 Å². The van der Waals surface area contributed by atoms with Crippen LogP contribution in [0.4, 0.5) is 57.7 Å². The van der Waals surface area contributed by atoms with Gasteiger partial charge in [-0.2, -0.15) is 0 Å². The van der Waals surface area contributed by atoms with Crippen molar-refractivity contribution in [1.82, 2.24) is 19.9 Å². The maximum absolute atomic E-state index is 4.49. The second-order valence-corrected chi connectivity index (χ2v) is 11.8. The topological polar surface area (TPSA) is 124 Å². The number of aryl methyl sites for hydroxylation is 6. The van der Waals surface area contributed by atoms with Crippen molar-refractivity contribution in [3.8, 4) is 0 Å². The SMILES string of the molecule is C=Nc1ccc(Nc2[c-]cnc(Nc3c(C)cc(C)cc3C)n2)cc1.C=Nc1ccc(Nc2[c-]cnc(Nc3c(C)cc(C)cc3C)n2)cc1.[Y].[Y]. The molecule has 0 bridgehead atoms. The Morgan fingerprint density at radius 2 is 0.827 bits per heavy atom. The molecule has 0 unspecified atom stereocenters. The molecular formula is C40H40N10Y2-2. The van der Waals surface area contributed by atoms with Crippen LogP contribution in [-0.2, 0) is 65.4 Å². The fraction of sp³-hybridized carbons (Fsp3) is 0.150. The number of hydrogen-bond donors (Lipinski definition) is 4. The second kappa shape index (κ2) is 20.1. The van der Waals surface area contributed by atoms with Gasteiger partial charge in [0.25, 0.3) is 0 Å². The summed E-state index contributed by atoms with van der Waals surface area (Å²) in [7, 11) is 0. The first kappa shape index (κ1) is 42.2. The van der Waals surface area contributed by atoms with Gasteiger partial charge in [-0.3, -0.25) is 20.0 Å². The zero-order chi connectivity index (χ0) is 35.6. The Kier molecular flexibility index (Phi) is 16.3. The van der Waals surface area contributed by atoms with Crippen molar-refractivity contribution in [2.75, 3.05) is 21.3 Å². The molecule has 4 N–H and O–H groups in total. The van der Waals surface area contributed by atoms with Gasteiger partial charge in [0.05, 0.1) is 11.4 Å². The summed E-state index contributed by atoms with van der Waals surface area (Å²) in [5.74, 6) is 2.25. The van der Waals surface area contributed by atoms with Crippen LogP contribution in [-0.4, -0.2) is 33.4 Å². The van der Waals surface area contributed by atoms with Crippen LogP contribution in [0.2, 0.25) is 0 Å². The number of anilines is 8. The van der Waals surface area contributed by atoms with Crippen molar-refractivity contribution in [3.05, 3.63) is 131 Å². The minimum absolute atomic E-state index is 0. The standard InChI is InChI=1S/2C20H20N5.2Y/c2*1-13-11-14(2)19(15(3)12-13)25-20-22-10-9-18(24-20)23-17-7-5-16(21-4)6-8-17;;/h2*5-8,10-12H,4H2,1-3H3,(H2,22,23,24,25);;/q2*-1;;. The van der Waals surface area contributed by atoms with Crippen LogP contribution < -0.4 is 21.3 Å². The normalized spacial score (nSPS) is 9.96. The van der Waals surface area contributed by atoms with Crippen molar-refractivity contribution in [2.24, 2.45) is 9.98 Å². The molecule has 0 aliphatic carbocycles. The van der Waals surface area contributed by atoms with Gasteiger partial charge in [-0.15, -0.1) is 12.4 Å². The summed E-state index contributed by atoms with van der Waals surface area (Å²) in [6.07, 6.45) is 3.21. The fourth-order valence-corrected chi connectivity index (χ4v) is 5.44. The molecule has 6 aromatic rings. The number of nitrogens with zero attached hydrogens (tertiary/aromatic N) is 6.